The molecule has 0 aromatic heterocycles. The Hall–Kier alpha value is -9.14. The zero-order valence-corrected chi connectivity index (χ0v) is 54.5. The van der Waals surface area contributed by atoms with Crippen LogP contribution in [-0.4, -0.2) is 0 Å². The van der Waals surface area contributed by atoms with Crippen molar-refractivity contribution in [1.82, 2.24) is 0 Å². The standard InChI is InChI=1S/C37H29F15O2.C35H25F15O2/c1-19-24(38)15-22(16-25(19)39)53-36(49,50)33-26(40)11-20(12-27(33)41)9-7-5-3-2-4-6-8-10-21-13-28(42)34(29(43)14-21)37(51,52)54-23-17-30(44)32(31(45)18-23)35(46,47)48;1-17-22(36)13-20(14-23(17)37)51-34(47,48)31-24(38)9-18(10-25(31)39)7-5-3-2-4-6-8-19-11-26(40)32(27(41)12-19)35(49,50)52-21-15-28(42)30(29(43)16-21)33(44,45)46/h11-18H,2-10H2,1H3;9-16H,2-8H2,1H3. The summed E-state index contributed by atoms with van der Waals surface area (Å²) in [7, 11) is 0. The van der Waals surface area contributed by atoms with Gasteiger partial charge >= 0.3 is 36.8 Å². The van der Waals surface area contributed by atoms with E-state index in [4.69, 9.17) is 0 Å². The third-order valence-electron chi connectivity index (χ3n) is 16.0. The van der Waals surface area contributed by atoms with Crippen molar-refractivity contribution in [2.45, 2.75) is 153 Å². The van der Waals surface area contributed by atoms with Crippen molar-refractivity contribution in [1.29, 1.82) is 0 Å². The molecule has 0 atom stereocenters. The smallest absolute Gasteiger partial charge is 0.429 e. The molecule has 4 nitrogen and oxygen atoms in total. The van der Waals surface area contributed by atoms with Crippen molar-refractivity contribution in [2.75, 3.05) is 0 Å². The number of benzene rings is 8. The lowest BCUT2D eigenvalue weighted by Crippen LogP contribution is -2.26. The summed E-state index contributed by atoms with van der Waals surface area (Å²) in [6, 6.07) is 6.03. The van der Waals surface area contributed by atoms with Crippen LogP contribution in [-0.2, 0) is 62.5 Å². The van der Waals surface area contributed by atoms with Crippen molar-refractivity contribution >= 4 is 0 Å². The molecule has 0 saturated heterocycles. The fraction of sp³-hybridized carbons (Fsp3) is 0.333. The molecule has 0 aliphatic rings. The molecule has 0 heterocycles. The quantitative estimate of drug-likeness (QED) is 0.0332. The molecule has 0 amide bonds. The molecule has 0 aliphatic carbocycles. The van der Waals surface area contributed by atoms with Gasteiger partial charge < -0.3 is 18.9 Å². The molecule has 8 aromatic carbocycles. The normalized spacial score (nSPS) is 12.4. The minimum atomic E-state index is -5.50. The Kier molecular flexibility index (Phi) is 27.1. The Bertz CT molecular complexity index is 4250. The maximum Gasteiger partial charge on any atom is 0.432 e. The third kappa shape index (κ3) is 21.6. The van der Waals surface area contributed by atoms with E-state index < -0.39 is 197 Å². The van der Waals surface area contributed by atoms with Gasteiger partial charge in [-0.05, 0) is 136 Å². The first-order chi connectivity index (χ1) is 49.2. The first-order valence-corrected chi connectivity index (χ1v) is 31.5. The van der Waals surface area contributed by atoms with Gasteiger partial charge in [-0.3, -0.25) is 0 Å². The van der Waals surface area contributed by atoms with Gasteiger partial charge in [0.25, 0.3) is 0 Å². The molecule has 0 spiro atoms. The van der Waals surface area contributed by atoms with E-state index in [9.17, 15) is 132 Å². The van der Waals surface area contributed by atoms with Crippen LogP contribution in [0.15, 0.2) is 97.1 Å². The molecule has 34 heteroatoms. The lowest BCUT2D eigenvalue weighted by atomic mass is 10.0. The van der Waals surface area contributed by atoms with Gasteiger partial charge in [0.15, 0.2) is 0 Å². The Labute approximate surface area is 582 Å². The van der Waals surface area contributed by atoms with Crippen LogP contribution < -0.4 is 18.9 Å². The van der Waals surface area contributed by atoms with Gasteiger partial charge in [-0.25, -0.2) is 70.2 Å². The topological polar surface area (TPSA) is 36.9 Å². The summed E-state index contributed by atoms with van der Waals surface area (Å²) < 4.78 is 436. The highest BCUT2D eigenvalue weighted by molar-refractivity contribution is 5.39. The maximum absolute atomic E-state index is 14.6. The monoisotopic (exact) mass is 1550 g/mol. The van der Waals surface area contributed by atoms with E-state index in [1.807, 2.05) is 0 Å². The zero-order chi connectivity index (χ0) is 78.9. The Morgan fingerprint density at radius 1 is 0.198 bits per heavy atom. The molecule has 0 unspecified atom stereocenters. The first kappa shape index (κ1) is 84.1. The molecular weight excluding hydrogens is 1500 g/mol. The van der Waals surface area contributed by atoms with E-state index in [0.29, 0.717) is 143 Å². The summed E-state index contributed by atoms with van der Waals surface area (Å²) in [5, 5.41) is 0. The third-order valence-corrected chi connectivity index (χ3v) is 16.0. The fourth-order valence-electron chi connectivity index (χ4n) is 10.8. The molecule has 8 rings (SSSR count). The highest BCUT2D eigenvalue weighted by atomic mass is 19.4. The maximum atomic E-state index is 14.6. The summed E-state index contributed by atoms with van der Waals surface area (Å²) in [6.07, 6.45) is -23.9. The summed E-state index contributed by atoms with van der Waals surface area (Å²) in [4.78, 5) is 0. The van der Waals surface area contributed by atoms with Crippen LogP contribution >= 0.6 is 0 Å². The summed E-state index contributed by atoms with van der Waals surface area (Å²) in [6.45, 7) is 2.10. The molecule has 0 aliphatic heterocycles. The zero-order valence-electron chi connectivity index (χ0n) is 54.5. The molecule has 0 radical (unpaired) electrons. The number of ether oxygens (including phenoxy) is 4. The predicted molar refractivity (Wildman–Crippen MR) is 319 cm³/mol. The van der Waals surface area contributed by atoms with Crippen molar-refractivity contribution in [2.24, 2.45) is 0 Å². The second-order valence-corrected chi connectivity index (χ2v) is 24.0. The number of hydrogen-bond donors (Lipinski definition) is 0. The molecule has 0 bridgehead atoms. The lowest BCUT2D eigenvalue weighted by molar-refractivity contribution is -0.190. The van der Waals surface area contributed by atoms with Crippen molar-refractivity contribution < 1.29 is 151 Å². The Balaban J connectivity index is 0.000000296. The van der Waals surface area contributed by atoms with Crippen molar-refractivity contribution in [3.05, 3.63) is 257 Å². The van der Waals surface area contributed by atoms with Crippen LogP contribution in [0.25, 0.3) is 0 Å². The summed E-state index contributed by atoms with van der Waals surface area (Å²) in [5.74, 6) is -32.5. The molecule has 0 fully saturated rings. The van der Waals surface area contributed by atoms with Gasteiger partial charge in [0, 0.05) is 59.7 Å². The minimum Gasteiger partial charge on any atom is -0.429 e. The summed E-state index contributed by atoms with van der Waals surface area (Å²) >= 11 is 0. The first-order valence-electron chi connectivity index (χ1n) is 31.5. The number of halogens is 30. The van der Waals surface area contributed by atoms with Crippen LogP contribution in [0.5, 0.6) is 23.0 Å². The van der Waals surface area contributed by atoms with Crippen LogP contribution in [0.1, 0.15) is 144 Å². The molecule has 576 valence electrons. The number of aryl methyl sites for hydroxylation is 4. The van der Waals surface area contributed by atoms with Crippen LogP contribution in [0, 0.1) is 107 Å². The molecule has 0 N–H and O–H groups in total. The van der Waals surface area contributed by atoms with Gasteiger partial charge in [-0.1, -0.05) is 51.4 Å². The van der Waals surface area contributed by atoms with Crippen molar-refractivity contribution in [3.63, 3.8) is 0 Å². The van der Waals surface area contributed by atoms with E-state index in [2.05, 4.69) is 18.9 Å². The Morgan fingerprint density at radius 2 is 0.340 bits per heavy atom. The molecular formula is C72H54F30O4. The second kappa shape index (κ2) is 34.2. The SMILES string of the molecule is Cc1c(F)cc(OC(F)(F)c2c(F)cc(CCCCCCCCCc3cc(F)c(C(F)(F)Oc4cc(F)c(C(F)(F)F)c(F)c4)c(F)c3)cc2F)cc1F.Cc1c(F)cc(OC(F)(F)c2c(F)cc(CCCCCCCc3cc(F)c(C(F)(F)Oc4cc(F)c(C(F)(F)F)c(F)c4)c(F)c3)cc2F)cc1F. The van der Waals surface area contributed by atoms with E-state index in [-0.39, 0.29) is 78.6 Å². The van der Waals surface area contributed by atoms with Crippen LogP contribution in [0.4, 0.5) is 132 Å². The fourth-order valence-corrected chi connectivity index (χ4v) is 10.8. The van der Waals surface area contributed by atoms with Gasteiger partial charge in [-0.15, -0.1) is 0 Å². The molecule has 106 heavy (non-hydrogen) atoms. The van der Waals surface area contributed by atoms with E-state index in [1.165, 1.54) is 0 Å². The average molecular weight is 1550 g/mol. The number of rotatable bonds is 30. The number of alkyl halides is 14. The minimum absolute atomic E-state index is 0.00802. The van der Waals surface area contributed by atoms with E-state index >= 15 is 0 Å². The van der Waals surface area contributed by atoms with Gasteiger partial charge in [-0.2, -0.15) is 61.5 Å². The number of hydrogen-bond acceptors (Lipinski definition) is 4. The highest BCUT2D eigenvalue weighted by Crippen LogP contribution is 2.44. The van der Waals surface area contributed by atoms with Crippen LogP contribution in [0.2, 0.25) is 0 Å². The Morgan fingerprint density at radius 3 is 0.500 bits per heavy atom. The lowest BCUT2D eigenvalue weighted by Gasteiger charge is -2.21. The van der Waals surface area contributed by atoms with E-state index in [1.54, 1.807) is 0 Å². The van der Waals surface area contributed by atoms with Crippen LogP contribution in [0.3, 0.4) is 0 Å². The van der Waals surface area contributed by atoms with E-state index in [0.717, 1.165) is 13.8 Å². The van der Waals surface area contributed by atoms with Gasteiger partial charge in [0.1, 0.15) is 149 Å². The number of unbranched alkanes of at least 4 members (excludes halogenated alkanes) is 10. The van der Waals surface area contributed by atoms with Crippen molar-refractivity contribution in [3.8, 4) is 23.0 Å². The molecule has 8 aromatic rings. The van der Waals surface area contributed by atoms with Gasteiger partial charge in [0.2, 0.25) is 0 Å². The predicted octanol–water partition coefficient (Wildman–Crippen LogP) is 25.0. The molecule has 0 saturated carbocycles. The highest BCUT2D eigenvalue weighted by Gasteiger charge is 2.47. The second-order valence-electron chi connectivity index (χ2n) is 24.0. The average Bonchev–Trinajstić information content (AvgIpc) is 0.731. The summed E-state index contributed by atoms with van der Waals surface area (Å²) in [5.41, 5.74) is -13.0. The van der Waals surface area contributed by atoms with Gasteiger partial charge in [0.05, 0.1) is 0 Å². The largest absolute Gasteiger partial charge is 0.432 e.